The molecule has 5 heterocycles. The van der Waals surface area contributed by atoms with Crippen LogP contribution >= 0.6 is 0 Å². The fourth-order valence-electron chi connectivity index (χ4n) is 4.90. The predicted molar refractivity (Wildman–Crippen MR) is 110 cm³/mol. The third-order valence-electron chi connectivity index (χ3n) is 6.55. The lowest BCUT2D eigenvalue weighted by molar-refractivity contribution is 0.167. The molecule has 0 radical (unpaired) electrons. The Labute approximate surface area is 171 Å². The number of nitrogens with one attached hydrogen (secondary N) is 1. The number of ether oxygens (including phenoxy) is 1. The Morgan fingerprint density at radius 3 is 2.80 bits per heavy atom. The van der Waals surface area contributed by atoms with E-state index >= 15 is 0 Å². The van der Waals surface area contributed by atoms with Crippen LogP contribution in [0.4, 0.5) is 11.6 Å². The molecule has 1 saturated heterocycles. The first-order valence-electron chi connectivity index (χ1n) is 10.2. The van der Waals surface area contributed by atoms with E-state index in [2.05, 4.69) is 20.4 Å². The van der Waals surface area contributed by atoms with Crippen LogP contribution < -0.4 is 11.0 Å². The van der Waals surface area contributed by atoms with Gasteiger partial charge < -0.3 is 10.1 Å². The van der Waals surface area contributed by atoms with Gasteiger partial charge >= 0.3 is 5.69 Å². The van der Waals surface area contributed by atoms with Crippen LogP contribution in [0.5, 0.6) is 0 Å². The maximum Gasteiger partial charge on any atom is 0.330 e. The fraction of sp³-hybridized carbons (Fsp3) is 0.450. The fourth-order valence-corrected chi connectivity index (χ4v) is 4.90. The molecule has 2 fully saturated rings. The second kappa shape index (κ2) is 6.36. The van der Waals surface area contributed by atoms with Gasteiger partial charge in [-0.25, -0.2) is 19.3 Å². The summed E-state index contributed by atoms with van der Waals surface area (Å²) >= 11 is 0. The number of hydrogen-bond donors (Lipinski definition) is 1. The Morgan fingerprint density at radius 1 is 1.20 bits per heavy atom. The van der Waals surface area contributed by atoms with E-state index in [-0.39, 0.29) is 11.7 Å². The predicted octanol–water partition coefficient (Wildman–Crippen LogP) is 1.82. The first kappa shape index (κ1) is 17.6. The Hall–Kier alpha value is -3.27. The van der Waals surface area contributed by atoms with Crippen molar-refractivity contribution < 1.29 is 4.74 Å². The summed E-state index contributed by atoms with van der Waals surface area (Å²) in [5.74, 6) is 1.52. The quantitative estimate of drug-likeness (QED) is 0.553. The van der Waals surface area contributed by atoms with Crippen LogP contribution in [0.1, 0.15) is 24.4 Å². The third kappa shape index (κ3) is 2.56. The summed E-state index contributed by atoms with van der Waals surface area (Å²) in [6.45, 7) is 3.59. The number of nitrogens with zero attached hydrogens (tertiary/aromatic N) is 7. The molecule has 1 N–H and O–H groups in total. The molecule has 4 aromatic heterocycles. The summed E-state index contributed by atoms with van der Waals surface area (Å²) in [5.41, 5.74) is 4.00. The van der Waals surface area contributed by atoms with Crippen molar-refractivity contribution in [2.75, 3.05) is 18.5 Å². The third-order valence-corrected chi connectivity index (χ3v) is 6.55. The molecule has 0 spiro atoms. The summed E-state index contributed by atoms with van der Waals surface area (Å²) in [5, 5.41) is 7.46. The van der Waals surface area contributed by atoms with Gasteiger partial charge in [-0.3, -0.25) is 9.13 Å². The van der Waals surface area contributed by atoms with Crippen molar-refractivity contribution in [3.63, 3.8) is 0 Å². The molecule has 154 valence electrons. The Kier molecular flexibility index (Phi) is 3.73. The van der Waals surface area contributed by atoms with E-state index in [1.807, 2.05) is 23.8 Å². The second-order valence-electron chi connectivity index (χ2n) is 8.35. The SMILES string of the molecule is Cc1cc2ncnn2cc1Nc1ncc2c(n1)n(C1C[C@@H]3COC[C@H]3C1)c(=O)n2C. The minimum absolute atomic E-state index is 0.0393. The molecule has 0 amide bonds. The number of pyridine rings is 1. The Balaban J connectivity index is 1.41. The van der Waals surface area contributed by atoms with E-state index < -0.39 is 0 Å². The number of aromatic nitrogens is 7. The van der Waals surface area contributed by atoms with Crippen molar-refractivity contribution in [2.45, 2.75) is 25.8 Å². The van der Waals surface area contributed by atoms with E-state index in [1.54, 1.807) is 22.3 Å². The van der Waals surface area contributed by atoms with E-state index in [0.29, 0.717) is 23.4 Å². The maximum absolute atomic E-state index is 13.0. The zero-order valence-electron chi connectivity index (χ0n) is 16.8. The van der Waals surface area contributed by atoms with Crippen LogP contribution in [-0.2, 0) is 11.8 Å². The summed E-state index contributed by atoms with van der Waals surface area (Å²) in [7, 11) is 1.78. The smallest absolute Gasteiger partial charge is 0.330 e. The molecule has 1 aliphatic heterocycles. The van der Waals surface area contributed by atoms with Gasteiger partial charge in [0.2, 0.25) is 5.95 Å². The molecule has 30 heavy (non-hydrogen) atoms. The standard InChI is InChI=1S/C20H22N8O2/c1-11-3-17-22-10-23-27(17)7-15(11)24-19-21-6-16-18(25-19)28(20(29)26(16)2)14-4-12-8-30-9-13(12)5-14/h3,6-7,10,12-14H,4-5,8-9H2,1-2H3,(H,21,24,25)/t12-,13-/m1/s1. The molecule has 2 aliphatic rings. The number of imidazole rings is 1. The van der Waals surface area contributed by atoms with Gasteiger partial charge in [0.1, 0.15) is 11.8 Å². The highest BCUT2D eigenvalue weighted by atomic mass is 16.5. The van der Waals surface area contributed by atoms with Crippen LogP contribution in [0.3, 0.4) is 0 Å². The van der Waals surface area contributed by atoms with Gasteiger partial charge in [-0.15, -0.1) is 0 Å². The average molecular weight is 406 g/mol. The number of aryl methyl sites for hydroxylation is 2. The van der Waals surface area contributed by atoms with Gasteiger partial charge in [-0.1, -0.05) is 0 Å². The van der Waals surface area contributed by atoms with Gasteiger partial charge in [0.25, 0.3) is 0 Å². The summed E-state index contributed by atoms with van der Waals surface area (Å²) in [6.07, 6.45) is 7.01. The second-order valence-corrected chi connectivity index (χ2v) is 8.35. The molecule has 0 bridgehead atoms. The van der Waals surface area contributed by atoms with E-state index in [0.717, 1.165) is 48.5 Å². The van der Waals surface area contributed by atoms with Gasteiger partial charge in [0.05, 0.1) is 18.1 Å². The molecule has 4 aromatic rings. The molecule has 1 saturated carbocycles. The summed E-state index contributed by atoms with van der Waals surface area (Å²) in [4.78, 5) is 26.4. The van der Waals surface area contributed by atoms with E-state index in [4.69, 9.17) is 9.72 Å². The molecule has 0 unspecified atom stereocenters. The maximum atomic E-state index is 13.0. The molecule has 0 aromatic carbocycles. The number of fused-ring (bicyclic) bond motifs is 3. The molecule has 1 aliphatic carbocycles. The lowest BCUT2D eigenvalue weighted by Gasteiger charge is -2.13. The lowest BCUT2D eigenvalue weighted by Crippen LogP contribution is -2.25. The first-order valence-corrected chi connectivity index (χ1v) is 10.2. The summed E-state index contributed by atoms with van der Waals surface area (Å²) < 4.78 is 10.8. The zero-order valence-corrected chi connectivity index (χ0v) is 16.8. The van der Waals surface area contributed by atoms with Crippen LogP contribution in [0, 0.1) is 18.8 Å². The van der Waals surface area contributed by atoms with Crippen molar-refractivity contribution in [3.8, 4) is 0 Å². The number of anilines is 2. The monoisotopic (exact) mass is 406 g/mol. The Morgan fingerprint density at radius 2 is 2.00 bits per heavy atom. The van der Waals surface area contributed by atoms with Gasteiger partial charge in [-0.05, 0) is 43.2 Å². The normalized spacial score (nSPS) is 21.7. The van der Waals surface area contributed by atoms with Crippen LogP contribution in [0.15, 0.2) is 29.6 Å². The minimum Gasteiger partial charge on any atom is -0.381 e. The van der Waals surface area contributed by atoms with Crippen molar-refractivity contribution in [1.29, 1.82) is 0 Å². The van der Waals surface area contributed by atoms with Crippen LogP contribution in [0.2, 0.25) is 0 Å². The zero-order chi connectivity index (χ0) is 20.4. The molecule has 6 rings (SSSR count). The van der Waals surface area contributed by atoms with Crippen LogP contribution in [-0.4, -0.2) is 46.9 Å². The van der Waals surface area contributed by atoms with Crippen molar-refractivity contribution >= 4 is 28.4 Å². The summed E-state index contributed by atoms with van der Waals surface area (Å²) in [6, 6.07) is 2.10. The largest absolute Gasteiger partial charge is 0.381 e. The van der Waals surface area contributed by atoms with Crippen molar-refractivity contribution in [2.24, 2.45) is 18.9 Å². The van der Waals surface area contributed by atoms with Gasteiger partial charge in [0, 0.05) is 26.3 Å². The minimum atomic E-state index is -0.0393. The number of rotatable bonds is 3. The van der Waals surface area contributed by atoms with Crippen LogP contribution in [0.25, 0.3) is 16.8 Å². The topological polar surface area (TPSA) is 104 Å². The van der Waals surface area contributed by atoms with Crippen molar-refractivity contribution in [3.05, 3.63) is 40.8 Å². The molecule has 2 atom stereocenters. The van der Waals surface area contributed by atoms with E-state index in [1.165, 1.54) is 6.33 Å². The lowest BCUT2D eigenvalue weighted by atomic mass is 10.0. The highest BCUT2D eigenvalue weighted by Gasteiger charge is 2.40. The molecular formula is C20H22N8O2. The van der Waals surface area contributed by atoms with Gasteiger partial charge in [-0.2, -0.15) is 10.1 Å². The highest BCUT2D eigenvalue weighted by molar-refractivity contribution is 5.73. The van der Waals surface area contributed by atoms with Gasteiger partial charge in [0.15, 0.2) is 11.3 Å². The molecule has 10 nitrogen and oxygen atoms in total. The van der Waals surface area contributed by atoms with Crippen molar-refractivity contribution in [1.82, 2.24) is 33.7 Å². The molecular weight excluding hydrogens is 384 g/mol. The molecule has 10 heteroatoms. The Bertz CT molecular complexity index is 1320. The first-order chi connectivity index (χ1) is 14.6. The average Bonchev–Trinajstić information content (AvgIpc) is 3.47. The number of hydrogen-bond acceptors (Lipinski definition) is 7. The highest BCUT2D eigenvalue weighted by Crippen LogP contribution is 2.43. The van der Waals surface area contributed by atoms with E-state index in [9.17, 15) is 4.79 Å².